The van der Waals surface area contributed by atoms with E-state index >= 15 is 0 Å². The van der Waals surface area contributed by atoms with Crippen LogP contribution >= 0.6 is 0 Å². The number of hydrogen-bond donors (Lipinski definition) is 0. The number of nitrogens with zero attached hydrogens (tertiary/aromatic N) is 3. The Balaban J connectivity index is 1.46. The molecule has 0 radical (unpaired) electrons. The molecule has 0 bridgehead atoms. The minimum absolute atomic E-state index is 0.0806. The Labute approximate surface area is 216 Å². The largest absolute Gasteiger partial charge is 0.467 e. The predicted octanol–water partition coefficient (Wildman–Crippen LogP) is 4.23. The van der Waals surface area contributed by atoms with Crippen LogP contribution in [0.5, 0.6) is 0 Å². The van der Waals surface area contributed by atoms with Crippen LogP contribution in [-0.4, -0.2) is 54.3 Å². The molecule has 1 aliphatic rings. The number of carbonyl (C=O) groups excluding carboxylic acids is 1. The quantitative estimate of drug-likeness (QED) is 0.311. The van der Waals surface area contributed by atoms with Gasteiger partial charge in [0.2, 0.25) is 15.9 Å². The molecule has 0 aliphatic carbocycles. The van der Waals surface area contributed by atoms with Crippen LogP contribution < -0.4 is 0 Å². The Kier molecular flexibility index (Phi) is 7.64. The average molecular weight is 520 g/mol. The highest BCUT2D eigenvalue weighted by Gasteiger charge is 2.33. The Morgan fingerprint density at radius 1 is 0.973 bits per heavy atom. The van der Waals surface area contributed by atoms with E-state index in [1.165, 1.54) is 4.31 Å². The third-order valence-corrected chi connectivity index (χ3v) is 8.30. The number of ether oxygens (including phenoxy) is 1. The second-order valence-corrected chi connectivity index (χ2v) is 11.0. The SMILES string of the molecule is O=C(CN(CC1CCCO1)S(=O)(=O)c1cccc2cccnc12)N(Cc1ccccc1)Cc1ccco1. The van der Waals surface area contributed by atoms with E-state index in [9.17, 15) is 13.2 Å². The lowest BCUT2D eigenvalue weighted by molar-refractivity contribution is -0.133. The molecule has 1 atom stereocenters. The lowest BCUT2D eigenvalue weighted by Gasteiger charge is -2.28. The van der Waals surface area contributed by atoms with Crippen LogP contribution in [0, 0.1) is 0 Å². The normalized spacial score (nSPS) is 15.9. The lowest BCUT2D eigenvalue weighted by Crippen LogP contribution is -2.45. The van der Waals surface area contributed by atoms with Crippen LogP contribution in [0.1, 0.15) is 24.2 Å². The number of amides is 1. The van der Waals surface area contributed by atoms with Crippen molar-refractivity contribution in [2.45, 2.75) is 36.9 Å². The molecule has 37 heavy (non-hydrogen) atoms. The molecular formula is C28H29N3O5S. The number of pyridine rings is 1. The number of rotatable bonds is 10. The molecule has 0 spiro atoms. The molecule has 4 aromatic rings. The molecular weight excluding hydrogens is 490 g/mol. The van der Waals surface area contributed by atoms with Gasteiger partial charge in [-0.15, -0.1) is 0 Å². The summed E-state index contributed by atoms with van der Waals surface area (Å²) in [5.74, 6) is 0.297. The molecule has 3 heterocycles. The first-order valence-corrected chi connectivity index (χ1v) is 13.7. The number of carbonyl (C=O) groups is 1. The highest BCUT2D eigenvalue weighted by atomic mass is 32.2. The maximum Gasteiger partial charge on any atom is 0.245 e. The molecule has 2 aromatic heterocycles. The number of benzene rings is 2. The van der Waals surface area contributed by atoms with Gasteiger partial charge in [0.1, 0.15) is 10.7 Å². The summed E-state index contributed by atoms with van der Waals surface area (Å²) in [5, 5.41) is 0.718. The molecule has 0 N–H and O–H groups in total. The van der Waals surface area contributed by atoms with E-state index in [1.54, 1.807) is 47.7 Å². The van der Waals surface area contributed by atoms with E-state index in [0.717, 1.165) is 23.8 Å². The van der Waals surface area contributed by atoms with Gasteiger partial charge in [-0.25, -0.2) is 8.42 Å². The topological polar surface area (TPSA) is 92.9 Å². The minimum Gasteiger partial charge on any atom is -0.467 e. The van der Waals surface area contributed by atoms with Crippen LogP contribution in [-0.2, 0) is 32.6 Å². The van der Waals surface area contributed by atoms with Crippen LogP contribution in [0.15, 0.2) is 94.6 Å². The fraction of sp³-hybridized carbons (Fsp3) is 0.286. The smallest absolute Gasteiger partial charge is 0.245 e. The van der Waals surface area contributed by atoms with E-state index < -0.39 is 10.0 Å². The second kappa shape index (κ2) is 11.2. The first-order chi connectivity index (χ1) is 18.0. The van der Waals surface area contributed by atoms with E-state index in [-0.39, 0.29) is 36.5 Å². The Bertz CT molecular complexity index is 1430. The summed E-state index contributed by atoms with van der Waals surface area (Å²) in [4.78, 5) is 19.8. The van der Waals surface area contributed by atoms with Crippen molar-refractivity contribution in [2.24, 2.45) is 0 Å². The summed E-state index contributed by atoms with van der Waals surface area (Å²) >= 11 is 0. The predicted molar refractivity (Wildman–Crippen MR) is 139 cm³/mol. The van der Waals surface area contributed by atoms with Crippen molar-refractivity contribution in [1.29, 1.82) is 0 Å². The van der Waals surface area contributed by atoms with Crippen LogP contribution in [0.25, 0.3) is 10.9 Å². The zero-order chi connectivity index (χ0) is 25.7. The molecule has 5 rings (SSSR count). The fourth-order valence-electron chi connectivity index (χ4n) is 4.56. The molecule has 0 saturated carbocycles. The summed E-state index contributed by atoms with van der Waals surface area (Å²) in [7, 11) is -4.06. The van der Waals surface area contributed by atoms with E-state index in [2.05, 4.69) is 4.98 Å². The zero-order valence-electron chi connectivity index (χ0n) is 20.4. The van der Waals surface area contributed by atoms with Gasteiger partial charge in [0, 0.05) is 31.3 Å². The van der Waals surface area contributed by atoms with Gasteiger partial charge < -0.3 is 14.1 Å². The van der Waals surface area contributed by atoms with Gasteiger partial charge in [-0.3, -0.25) is 9.78 Å². The highest BCUT2D eigenvalue weighted by molar-refractivity contribution is 7.89. The van der Waals surface area contributed by atoms with E-state index in [1.807, 2.05) is 42.5 Å². The summed E-state index contributed by atoms with van der Waals surface area (Å²) in [6.07, 6.45) is 4.47. The molecule has 9 heteroatoms. The average Bonchev–Trinajstić information content (AvgIpc) is 3.63. The maximum absolute atomic E-state index is 14.0. The van der Waals surface area contributed by atoms with Gasteiger partial charge >= 0.3 is 0 Å². The maximum atomic E-state index is 14.0. The van der Waals surface area contributed by atoms with E-state index in [4.69, 9.17) is 9.15 Å². The van der Waals surface area contributed by atoms with Gasteiger partial charge in [-0.05, 0) is 42.7 Å². The summed E-state index contributed by atoms with van der Waals surface area (Å²) in [6, 6.07) is 21.8. The van der Waals surface area contributed by atoms with Crippen molar-refractivity contribution in [3.63, 3.8) is 0 Å². The first kappa shape index (κ1) is 25.1. The van der Waals surface area contributed by atoms with Gasteiger partial charge in [-0.2, -0.15) is 4.31 Å². The standard InChI is InChI=1S/C28H29N3O5S/c32-27(30(19-24-12-6-16-35-24)18-22-8-2-1-3-9-22)21-31(20-25-13-7-17-36-25)37(33,34)26-14-4-10-23-11-5-15-29-28(23)26/h1-6,8-12,14-16,25H,7,13,17-21H2. The van der Waals surface area contributed by atoms with Gasteiger partial charge in [0.25, 0.3) is 0 Å². The summed E-state index contributed by atoms with van der Waals surface area (Å²) in [6.45, 7) is 0.908. The van der Waals surface area contributed by atoms with Crippen molar-refractivity contribution < 1.29 is 22.4 Å². The second-order valence-electron chi connectivity index (χ2n) is 9.08. The number of fused-ring (bicyclic) bond motifs is 1. The number of furan rings is 1. The Hall–Kier alpha value is -3.53. The van der Waals surface area contributed by atoms with Crippen molar-refractivity contribution >= 4 is 26.8 Å². The molecule has 1 amide bonds. The van der Waals surface area contributed by atoms with E-state index in [0.29, 0.717) is 24.4 Å². The van der Waals surface area contributed by atoms with Crippen LogP contribution in [0.3, 0.4) is 0 Å². The number of hydrogen-bond acceptors (Lipinski definition) is 6. The Morgan fingerprint density at radius 2 is 1.81 bits per heavy atom. The first-order valence-electron chi connectivity index (χ1n) is 12.3. The Morgan fingerprint density at radius 3 is 2.57 bits per heavy atom. The molecule has 1 fully saturated rings. The van der Waals surface area contributed by atoms with Crippen molar-refractivity contribution in [2.75, 3.05) is 19.7 Å². The number of aromatic nitrogens is 1. The number of para-hydroxylation sites is 1. The summed E-state index contributed by atoms with van der Waals surface area (Å²) < 4.78 is 40.5. The van der Waals surface area contributed by atoms with Gasteiger partial charge in [-0.1, -0.05) is 48.5 Å². The van der Waals surface area contributed by atoms with Crippen molar-refractivity contribution in [3.05, 3.63) is 96.6 Å². The molecule has 1 aliphatic heterocycles. The summed E-state index contributed by atoms with van der Waals surface area (Å²) in [5.41, 5.74) is 1.32. The fourth-order valence-corrected chi connectivity index (χ4v) is 6.15. The highest BCUT2D eigenvalue weighted by Crippen LogP contribution is 2.26. The van der Waals surface area contributed by atoms with Crippen molar-refractivity contribution in [3.8, 4) is 0 Å². The van der Waals surface area contributed by atoms with Crippen LogP contribution in [0.4, 0.5) is 0 Å². The van der Waals surface area contributed by atoms with Crippen LogP contribution in [0.2, 0.25) is 0 Å². The zero-order valence-corrected chi connectivity index (χ0v) is 21.2. The third-order valence-electron chi connectivity index (χ3n) is 6.45. The molecule has 1 unspecified atom stereocenters. The molecule has 2 aromatic carbocycles. The molecule has 192 valence electrons. The van der Waals surface area contributed by atoms with Gasteiger partial charge in [0.15, 0.2) is 0 Å². The lowest BCUT2D eigenvalue weighted by atomic mass is 10.2. The third kappa shape index (κ3) is 5.90. The molecule has 8 nitrogen and oxygen atoms in total. The monoisotopic (exact) mass is 519 g/mol. The van der Waals surface area contributed by atoms with Gasteiger partial charge in [0.05, 0.1) is 31.0 Å². The number of sulfonamides is 1. The molecule has 1 saturated heterocycles. The minimum atomic E-state index is -4.06. The van der Waals surface area contributed by atoms with Crippen molar-refractivity contribution in [1.82, 2.24) is 14.2 Å².